The van der Waals surface area contributed by atoms with E-state index in [0.29, 0.717) is 18.9 Å². The first-order valence-electron chi connectivity index (χ1n) is 6.79. The number of amides is 1. The van der Waals surface area contributed by atoms with Gasteiger partial charge >= 0.3 is 4.87 Å². The van der Waals surface area contributed by atoms with E-state index in [9.17, 15) is 9.59 Å². The van der Waals surface area contributed by atoms with Crippen LogP contribution in [0.15, 0.2) is 10.2 Å². The molecule has 1 unspecified atom stereocenters. The van der Waals surface area contributed by atoms with E-state index in [1.165, 1.54) is 24.2 Å². The van der Waals surface area contributed by atoms with Crippen molar-refractivity contribution in [1.29, 1.82) is 0 Å². The van der Waals surface area contributed by atoms with Gasteiger partial charge in [-0.15, -0.1) is 0 Å². The summed E-state index contributed by atoms with van der Waals surface area (Å²) in [6.07, 6.45) is 2.73. The molecule has 1 aromatic heterocycles. The van der Waals surface area contributed by atoms with Gasteiger partial charge in [0.15, 0.2) is 0 Å². The largest absolute Gasteiger partial charge is 0.356 e. The Morgan fingerprint density at radius 3 is 3.11 bits per heavy atom. The van der Waals surface area contributed by atoms with Crippen LogP contribution in [-0.2, 0) is 11.3 Å². The number of aromatic nitrogens is 1. The van der Waals surface area contributed by atoms with Crippen LogP contribution in [0.3, 0.4) is 0 Å². The van der Waals surface area contributed by atoms with Crippen molar-refractivity contribution in [2.24, 2.45) is 5.92 Å². The summed E-state index contributed by atoms with van der Waals surface area (Å²) in [5.41, 5.74) is 0.930. The van der Waals surface area contributed by atoms with Crippen LogP contribution in [0.2, 0.25) is 0 Å². The lowest BCUT2D eigenvalue weighted by atomic mass is 10.00. The van der Waals surface area contributed by atoms with E-state index in [1.54, 1.807) is 4.57 Å². The molecule has 1 atom stereocenters. The van der Waals surface area contributed by atoms with Gasteiger partial charge in [-0.3, -0.25) is 9.59 Å². The molecular weight excluding hydrogens is 262 g/mol. The zero-order valence-electron chi connectivity index (χ0n) is 11.3. The first-order valence-corrected chi connectivity index (χ1v) is 7.67. The highest BCUT2D eigenvalue weighted by molar-refractivity contribution is 7.07. The summed E-state index contributed by atoms with van der Waals surface area (Å²) in [6.45, 7) is 5.18. The third kappa shape index (κ3) is 4.18. The molecule has 19 heavy (non-hydrogen) atoms. The summed E-state index contributed by atoms with van der Waals surface area (Å²) in [6, 6.07) is 0. The maximum atomic E-state index is 11.8. The average Bonchev–Trinajstić information content (AvgIpc) is 2.75. The van der Waals surface area contributed by atoms with Crippen LogP contribution in [0.1, 0.15) is 25.0 Å². The predicted octanol–water partition coefficient (Wildman–Crippen LogP) is 0.724. The van der Waals surface area contributed by atoms with Crippen LogP contribution in [0, 0.1) is 12.8 Å². The minimum absolute atomic E-state index is 0.0155. The normalized spacial score (nSPS) is 19.3. The zero-order valence-corrected chi connectivity index (χ0v) is 12.1. The van der Waals surface area contributed by atoms with Gasteiger partial charge in [0.05, 0.1) is 0 Å². The Balaban J connectivity index is 1.71. The summed E-state index contributed by atoms with van der Waals surface area (Å²) < 4.78 is 1.66. The molecule has 5 nitrogen and oxygen atoms in total. The lowest BCUT2D eigenvalue weighted by molar-refractivity contribution is -0.121. The number of nitrogens with zero attached hydrogens (tertiary/aromatic N) is 1. The Morgan fingerprint density at radius 1 is 1.63 bits per heavy atom. The molecule has 1 aliphatic rings. The van der Waals surface area contributed by atoms with E-state index in [0.717, 1.165) is 25.3 Å². The molecule has 2 heterocycles. The van der Waals surface area contributed by atoms with Crippen molar-refractivity contribution < 1.29 is 4.79 Å². The molecule has 1 amide bonds. The first-order chi connectivity index (χ1) is 9.16. The number of hydrogen-bond donors (Lipinski definition) is 2. The molecule has 0 saturated carbocycles. The van der Waals surface area contributed by atoms with Crippen LogP contribution in [-0.4, -0.2) is 30.1 Å². The zero-order chi connectivity index (χ0) is 13.7. The number of aryl methyl sites for hydroxylation is 1. The number of thiazole rings is 1. The molecule has 0 spiro atoms. The Bertz CT molecular complexity index is 474. The molecule has 1 aliphatic heterocycles. The minimum atomic E-state index is 0.0155. The molecule has 0 bridgehead atoms. The number of carbonyl (C=O) groups is 1. The van der Waals surface area contributed by atoms with Gasteiger partial charge in [0, 0.05) is 30.6 Å². The topological polar surface area (TPSA) is 63.1 Å². The van der Waals surface area contributed by atoms with Gasteiger partial charge in [0.25, 0.3) is 0 Å². The third-order valence-electron chi connectivity index (χ3n) is 3.53. The molecule has 0 aliphatic carbocycles. The van der Waals surface area contributed by atoms with Crippen LogP contribution in [0.4, 0.5) is 0 Å². The Labute approximate surface area is 117 Å². The number of hydrogen-bond acceptors (Lipinski definition) is 4. The van der Waals surface area contributed by atoms with E-state index < -0.39 is 0 Å². The SMILES string of the molecule is Cc1csc(=O)n1CCC(=O)NCC1CCCNC1. The Morgan fingerprint density at radius 2 is 2.47 bits per heavy atom. The predicted molar refractivity (Wildman–Crippen MR) is 76.5 cm³/mol. The summed E-state index contributed by atoms with van der Waals surface area (Å²) in [7, 11) is 0. The molecule has 6 heteroatoms. The summed E-state index contributed by atoms with van der Waals surface area (Å²) in [5.74, 6) is 0.575. The molecule has 1 aromatic rings. The molecule has 0 radical (unpaired) electrons. The van der Waals surface area contributed by atoms with Crippen molar-refractivity contribution in [2.45, 2.75) is 32.7 Å². The van der Waals surface area contributed by atoms with Crippen molar-refractivity contribution in [3.8, 4) is 0 Å². The van der Waals surface area contributed by atoms with Gasteiger partial charge in [-0.1, -0.05) is 11.3 Å². The molecule has 106 valence electrons. The molecule has 2 N–H and O–H groups in total. The molecule has 0 aromatic carbocycles. The smallest absolute Gasteiger partial charge is 0.307 e. The van der Waals surface area contributed by atoms with Crippen LogP contribution in [0.5, 0.6) is 0 Å². The maximum Gasteiger partial charge on any atom is 0.307 e. The molecule has 2 rings (SSSR count). The lowest BCUT2D eigenvalue weighted by Crippen LogP contribution is -2.38. The van der Waals surface area contributed by atoms with E-state index in [4.69, 9.17) is 0 Å². The van der Waals surface area contributed by atoms with Crippen LogP contribution < -0.4 is 15.5 Å². The van der Waals surface area contributed by atoms with Crippen molar-refractivity contribution in [3.05, 3.63) is 20.7 Å². The second-order valence-corrected chi connectivity index (χ2v) is 5.88. The van der Waals surface area contributed by atoms with E-state index in [2.05, 4.69) is 10.6 Å². The maximum absolute atomic E-state index is 11.8. The van der Waals surface area contributed by atoms with Crippen LogP contribution >= 0.6 is 11.3 Å². The number of rotatable bonds is 5. The van der Waals surface area contributed by atoms with Crippen molar-refractivity contribution in [1.82, 2.24) is 15.2 Å². The lowest BCUT2D eigenvalue weighted by Gasteiger charge is -2.22. The van der Waals surface area contributed by atoms with Gasteiger partial charge in [-0.2, -0.15) is 0 Å². The molecular formula is C13H21N3O2S. The van der Waals surface area contributed by atoms with Gasteiger partial charge < -0.3 is 15.2 Å². The number of nitrogens with one attached hydrogen (secondary N) is 2. The average molecular weight is 283 g/mol. The standard InChI is InChI=1S/C13H21N3O2S/c1-10-9-19-13(18)16(10)6-4-12(17)15-8-11-3-2-5-14-7-11/h9,11,14H,2-8H2,1H3,(H,15,17). The summed E-state index contributed by atoms with van der Waals surface area (Å²) >= 11 is 1.19. The number of carbonyl (C=O) groups excluding carboxylic acids is 1. The Kier molecular flexibility index (Phi) is 5.15. The highest BCUT2D eigenvalue weighted by Crippen LogP contribution is 2.08. The van der Waals surface area contributed by atoms with E-state index >= 15 is 0 Å². The fourth-order valence-electron chi connectivity index (χ4n) is 2.33. The highest BCUT2D eigenvalue weighted by Gasteiger charge is 2.14. The molecule has 1 fully saturated rings. The minimum Gasteiger partial charge on any atom is -0.356 e. The highest BCUT2D eigenvalue weighted by atomic mass is 32.1. The van der Waals surface area contributed by atoms with Gasteiger partial charge in [-0.25, -0.2) is 0 Å². The van der Waals surface area contributed by atoms with Gasteiger partial charge in [-0.05, 0) is 38.8 Å². The summed E-state index contributed by atoms with van der Waals surface area (Å²) in [5, 5.41) is 8.12. The van der Waals surface area contributed by atoms with Crippen molar-refractivity contribution in [3.63, 3.8) is 0 Å². The fraction of sp³-hybridized carbons (Fsp3) is 0.692. The van der Waals surface area contributed by atoms with E-state index in [-0.39, 0.29) is 10.8 Å². The van der Waals surface area contributed by atoms with Crippen LogP contribution in [0.25, 0.3) is 0 Å². The second kappa shape index (κ2) is 6.86. The van der Waals surface area contributed by atoms with Crippen molar-refractivity contribution in [2.75, 3.05) is 19.6 Å². The van der Waals surface area contributed by atoms with Gasteiger partial charge in [0.2, 0.25) is 5.91 Å². The second-order valence-electron chi connectivity index (χ2n) is 5.06. The number of piperidine rings is 1. The Hall–Kier alpha value is -1.14. The summed E-state index contributed by atoms with van der Waals surface area (Å²) in [4.78, 5) is 23.3. The first kappa shape index (κ1) is 14.3. The fourth-order valence-corrected chi connectivity index (χ4v) is 3.09. The molecule has 1 saturated heterocycles. The monoisotopic (exact) mass is 283 g/mol. The van der Waals surface area contributed by atoms with Crippen molar-refractivity contribution >= 4 is 17.2 Å². The van der Waals surface area contributed by atoms with Gasteiger partial charge in [0.1, 0.15) is 0 Å². The third-order valence-corrected chi connectivity index (χ3v) is 4.41. The quantitative estimate of drug-likeness (QED) is 0.837. The van der Waals surface area contributed by atoms with E-state index in [1.807, 2.05) is 12.3 Å².